The zero-order valence-electron chi connectivity index (χ0n) is 14.5. The molecule has 0 bridgehead atoms. The first-order chi connectivity index (χ1) is 10.8. The average Bonchev–Trinajstić information content (AvgIpc) is 2.76. The molecule has 0 radical (unpaired) electrons. The SMILES string of the molecule is CC1C(=O)Oc2c3c(cc(O)c21)[C@]1(C)CCCC(C)(C)[C@H]1CC3. The van der Waals surface area contributed by atoms with E-state index in [1.54, 1.807) is 0 Å². The summed E-state index contributed by atoms with van der Waals surface area (Å²) in [6.45, 7) is 8.94. The van der Waals surface area contributed by atoms with Crippen LogP contribution in [-0.2, 0) is 16.6 Å². The molecule has 0 aromatic heterocycles. The highest BCUT2D eigenvalue weighted by molar-refractivity contribution is 5.88. The van der Waals surface area contributed by atoms with Crippen molar-refractivity contribution in [2.75, 3.05) is 0 Å². The third-order valence-corrected chi connectivity index (χ3v) is 6.92. The molecule has 1 saturated carbocycles. The zero-order chi connectivity index (χ0) is 16.6. The normalized spacial score (nSPS) is 34.3. The first kappa shape index (κ1) is 15.0. The number of ether oxygens (including phenoxy) is 1. The van der Waals surface area contributed by atoms with Crippen molar-refractivity contribution in [3.05, 3.63) is 22.8 Å². The van der Waals surface area contributed by atoms with Gasteiger partial charge in [0, 0.05) is 0 Å². The lowest BCUT2D eigenvalue weighted by atomic mass is 9.50. The molecule has 1 aliphatic heterocycles. The predicted molar refractivity (Wildman–Crippen MR) is 89.0 cm³/mol. The fraction of sp³-hybridized carbons (Fsp3) is 0.650. The van der Waals surface area contributed by atoms with Gasteiger partial charge in [0.05, 0.1) is 11.5 Å². The molecule has 4 rings (SSSR count). The monoisotopic (exact) mass is 314 g/mol. The second kappa shape index (κ2) is 4.52. The van der Waals surface area contributed by atoms with Gasteiger partial charge < -0.3 is 9.84 Å². The summed E-state index contributed by atoms with van der Waals surface area (Å²) < 4.78 is 5.58. The molecule has 3 heteroatoms. The number of aromatic hydroxyl groups is 1. The van der Waals surface area contributed by atoms with Gasteiger partial charge >= 0.3 is 5.97 Å². The minimum Gasteiger partial charge on any atom is -0.507 e. The Hall–Kier alpha value is -1.51. The van der Waals surface area contributed by atoms with Gasteiger partial charge in [-0.15, -0.1) is 0 Å². The van der Waals surface area contributed by atoms with Gasteiger partial charge in [0.1, 0.15) is 11.5 Å². The number of hydrogen-bond donors (Lipinski definition) is 1. The maximum atomic E-state index is 12.0. The van der Waals surface area contributed by atoms with Crippen molar-refractivity contribution in [1.82, 2.24) is 0 Å². The summed E-state index contributed by atoms with van der Waals surface area (Å²) in [6, 6.07) is 1.94. The number of rotatable bonds is 0. The molecule has 1 fully saturated rings. The minimum absolute atomic E-state index is 0.0695. The van der Waals surface area contributed by atoms with Crippen molar-refractivity contribution < 1.29 is 14.6 Å². The summed E-state index contributed by atoms with van der Waals surface area (Å²) >= 11 is 0. The molecule has 1 unspecified atom stereocenters. The maximum Gasteiger partial charge on any atom is 0.318 e. The highest BCUT2D eigenvalue weighted by Gasteiger charge is 2.51. The van der Waals surface area contributed by atoms with Gasteiger partial charge in [-0.3, -0.25) is 4.79 Å². The molecule has 3 atom stereocenters. The van der Waals surface area contributed by atoms with Crippen molar-refractivity contribution in [1.29, 1.82) is 0 Å². The summed E-state index contributed by atoms with van der Waals surface area (Å²) in [6.07, 6.45) is 5.72. The molecule has 2 aliphatic carbocycles. The quantitative estimate of drug-likeness (QED) is 0.568. The highest BCUT2D eigenvalue weighted by atomic mass is 16.5. The summed E-state index contributed by atoms with van der Waals surface area (Å²) in [4.78, 5) is 12.0. The first-order valence-corrected chi connectivity index (χ1v) is 8.86. The van der Waals surface area contributed by atoms with E-state index < -0.39 is 0 Å². The molecule has 1 N–H and O–H groups in total. The third kappa shape index (κ3) is 1.85. The van der Waals surface area contributed by atoms with Crippen molar-refractivity contribution in [2.45, 2.75) is 71.1 Å². The molecule has 1 heterocycles. The van der Waals surface area contributed by atoms with E-state index in [1.807, 2.05) is 13.0 Å². The average molecular weight is 314 g/mol. The van der Waals surface area contributed by atoms with Crippen LogP contribution in [0.25, 0.3) is 0 Å². The van der Waals surface area contributed by atoms with Crippen molar-refractivity contribution >= 4 is 5.97 Å². The number of carbonyl (C=O) groups excluding carboxylic acids is 1. The molecule has 23 heavy (non-hydrogen) atoms. The van der Waals surface area contributed by atoms with Gasteiger partial charge in [-0.05, 0) is 66.5 Å². The fourth-order valence-electron chi connectivity index (χ4n) is 5.74. The van der Waals surface area contributed by atoms with E-state index >= 15 is 0 Å². The predicted octanol–water partition coefficient (Wildman–Crippen LogP) is 4.44. The van der Waals surface area contributed by atoms with Gasteiger partial charge in [-0.1, -0.05) is 27.2 Å². The van der Waals surface area contributed by atoms with E-state index in [2.05, 4.69) is 20.8 Å². The van der Waals surface area contributed by atoms with Crippen molar-refractivity contribution in [3.8, 4) is 11.5 Å². The lowest BCUT2D eigenvalue weighted by Gasteiger charge is -2.54. The molecular formula is C20H26O3. The number of phenols is 1. The van der Waals surface area contributed by atoms with E-state index in [9.17, 15) is 9.90 Å². The van der Waals surface area contributed by atoms with E-state index in [4.69, 9.17) is 4.74 Å². The van der Waals surface area contributed by atoms with Gasteiger partial charge in [0.15, 0.2) is 0 Å². The number of benzene rings is 1. The second-order valence-corrected chi connectivity index (χ2v) is 8.66. The van der Waals surface area contributed by atoms with E-state index in [0.717, 1.165) is 19.3 Å². The van der Waals surface area contributed by atoms with Crippen LogP contribution in [0.4, 0.5) is 0 Å². The topological polar surface area (TPSA) is 46.5 Å². The van der Waals surface area contributed by atoms with Gasteiger partial charge in [0.25, 0.3) is 0 Å². The zero-order valence-corrected chi connectivity index (χ0v) is 14.5. The van der Waals surface area contributed by atoms with Crippen LogP contribution >= 0.6 is 0 Å². The second-order valence-electron chi connectivity index (χ2n) is 8.66. The molecular weight excluding hydrogens is 288 g/mol. The van der Waals surface area contributed by atoms with Crippen LogP contribution in [0.5, 0.6) is 11.5 Å². The fourth-order valence-corrected chi connectivity index (χ4v) is 5.74. The molecule has 1 aromatic carbocycles. The van der Waals surface area contributed by atoms with Crippen LogP contribution in [0.1, 0.15) is 76.0 Å². The number of carbonyl (C=O) groups is 1. The van der Waals surface area contributed by atoms with Crippen LogP contribution in [0.2, 0.25) is 0 Å². The Bertz CT molecular complexity index is 703. The summed E-state index contributed by atoms with van der Waals surface area (Å²) in [7, 11) is 0. The van der Waals surface area contributed by atoms with Crippen molar-refractivity contribution in [2.24, 2.45) is 11.3 Å². The van der Waals surface area contributed by atoms with Crippen LogP contribution < -0.4 is 4.74 Å². The van der Waals surface area contributed by atoms with Crippen molar-refractivity contribution in [3.63, 3.8) is 0 Å². The number of phenolic OH excluding ortho intramolecular Hbond substituents is 1. The highest BCUT2D eigenvalue weighted by Crippen LogP contribution is 2.60. The summed E-state index contributed by atoms with van der Waals surface area (Å²) in [5.74, 6) is 0.926. The van der Waals surface area contributed by atoms with Crippen LogP contribution in [-0.4, -0.2) is 11.1 Å². The molecule has 1 aromatic rings. The number of hydrogen-bond acceptors (Lipinski definition) is 3. The Morgan fingerprint density at radius 3 is 2.74 bits per heavy atom. The molecule has 0 spiro atoms. The molecule has 0 amide bonds. The third-order valence-electron chi connectivity index (χ3n) is 6.92. The molecule has 0 saturated heterocycles. The lowest BCUT2D eigenvalue weighted by molar-refractivity contribution is -0.133. The maximum absolute atomic E-state index is 12.0. The summed E-state index contributed by atoms with van der Waals surface area (Å²) in [5, 5.41) is 10.6. The number of esters is 1. The Balaban J connectivity index is 1.92. The Kier molecular flexibility index (Phi) is 2.96. The Labute approximate surface area is 138 Å². The minimum atomic E-state index is -0.358. The van der Waals surface area contributed by atoms with E-state index in [-0.39, 0.29) is 23.1 Å². The standard InChI is InChI=1S/C20H26O3/c1-11-16-14(21)10-13-12(17(16)23-18(11)22)6-7-15-19(2,3)8-5-9-20(13,15)4/h10-11,15,21H,5-9H2,1-4H3/t11?,15-,20+/m1/s1. The number of fused-ring (bicyclic) bond motifs is 5. The largest absolute Gasteiger partial charge is 0.507 e. The van der Waals surface area contributed by atoms with E-state index in [1.165, 1.54) is 24.0 Å². The van der Waals surface area contributed by atoms with Gasteiger partial charge in [-0.2, -0.15) is 0 Å². The molecule has 3 nitrogen and oxygen atoms in total. The molecule has 124 valence electrons. The van der Waals surface area contributed by atoms with Crippen LogP contribution in [0.3, 0.4) is 0 Å². The van der Waals surface area contributed by atoms with E-state index in [0.29, 0.717) is 22.6 Å². The van der Waals surface area contributed by atoms with Gasteiger partial charge in [0.2, 0.25) is 0 Å². The first-order valence-electron chi connectivity index (χ1n) is 8.86. The Morgan fingerprint density at radius 1 is 1.26 bits per heavy atom. The van der Waals surface area contributed by atoms with Crippen LogP contribution in [0.15, 0.2) is 6.07 Å². The lowest BCUT2D eigenvalue weighted by Crippen LogP contribution is -2.47. The summed E-state index contributed by atoms with van der Waals surface area (Å²) in [5.41, 5.74) is 3.49. The van der Waals surface area contributed by atoms with Gasteiger partial charge in [-0.25, -0.2) is 0 Å². The van der Waals surface area contributed by atoms with Crippen LogP contribution in [0, 0.1) is 11.3 Å². The molecule has 3 aliphatic rings. The smallest absolute Gasteiger partial charge is 0.318 e. The Morgan fingerprint density at radius 2 is 2.00 bits per heavy atom.